The number of amides is 2. The standard InChI is InChI=1S/C11H19N3O3/c12-11(16)9-7-17-6-5-14(9)10(15)3-4-13-8-1-2-8/h8-9,13H,1-7H2,(H2,12,16). The molecular formula is C11H19N3O3. The number of morpholine rings is 1. The summed E-state index contributed by atoms with van der Waals surface area (Å²) in [5.74, 6) is -0.515. The lowest BCUT2D eigenvalue weighted by Gasteiger charge is -2.33. The zero-order chi connectivity index (χ0) is 12.3. The zero-order valence-electron chi connectivity index (χ0n) is 9.85. The zero-order valence-corrected chi connectivity index (χ0v) is 9.85. The van der Waals surface area contributed by atoms with Crippen LogP contribution in [-0.2, 0) is 14.3 Å². The molecule has 1 atom stereocenters. The second-order valence-corrected chi connectivity index (χ2v) is 4.56. The van der Waals surface area contributed by atoms with E-state index in [4.69, 9.17) is 10.5 Å². The van der Waals surface area contributed by atoms with Crippen LogP contribution in [0.5, 0.6) is 0 Å². The average molecular weight is 241 g/mol. The normalized spacial score (nSPS) is 24.7. The van der Waals surface area contributed by atoms with Crippen LogP contribution in [0.1, 0.15) is 19.3 Å². The van der Waals surface area contributed by atoms with Crippen molar-refractivity contribution in [2.24, 2.45) is 5.73 Å². The number of nitrogens with two attached hydrogens (primary N) is 1. The summed E-state index contributed by atoms with van der Waals surface area (Å²) in [6.07, 6.45) is 2.82. The summed E-state index contributed by atoms with van der Waals surface area (Å²) in [7, 11) is 0. The predicted molar refractivity (Wildman–Crippen MR) is 61.2 cm³/mol. The number of ether oxygens (including phenoxy) is 1. The number of carbonyl (C=O) groups excluding carboxylic acids is 2. The van der Waals surface area contributed by atoms with Gasteiger partial charge in [-0.15, -0.1) is 0 Å². The van der Waals surface area contributed by atoms with E-state index < -0.39 is 11.9 Å². The van der Waals surface area contributed by atoms with Crippen molar-refractivity contribution in [3.05, 3.63) is 0 Å². The molecule has 0 aromatic rings. The fourth-order valence-electron chi connectivity index (χ4n) is 1.95. The Morgan fingerprint density at radius 3 is 2.82 bits per heavy atom. The molecule has 6 heteroatoms. The number of rotatable bonds is 5. The van der Waals surface area contributed by atoms with E-state index in [9.17, 15) is 9.59 Å². The molecule has 1 aliphatic heterocycles. The predicted octanol–water partition coefficient (Wildman–Crippen LogP) is -1.16. The van der Waals surface area contributed by atoms with Crippen molar-refractivity contribution in [1.82, 2.24) is 10.2 Å². The summed E-state index contributed by atoms with van der Waals surface area (Å²) in [5, 5.41) is 3.28. The molecule has 2 amide bonds. The second-order valence-electron chi connectivity index (χ2n) is 4.56. The molecule has 1 saturated heterocycles. The van der Waals surface area contributed by atoms with Gasteiger partial charge in [0.05, 0.1) is 13.2 Å². The van der Waals surface area contributed by atoms with Gasteiger partial charge in [0.15, 0.2) is 0 Å². The van der Waals surface area contributed by atoms with Crippen molar-refractivity contribution in [2.75, 3.05) is 26.3 Å². The van der Waals surface area contributed by atoms with Crippen molar-refractivity contribution >= 4 is 11.8 Å². The van der Waals surface area contributed by atoms with Crippen LogP contribution in [0.2, 0.25) is 0 Å². The molecule has 6 nitrogen and oxygen atoms in total. The molecule has 1 saturated carbocycles. The van der Waals surface area contributed by atoms with Gasteiger partial charge in [0.1, 0.15) is 6.04 Å². The molecule has 0 radical (unpaired) electrons. The summed E-state index contributed by atoms with van der Waals surface area (Å²) < 4.78 is 5.17. The Morgan fingerprint density at radius 1 is 1.41 bits per heavy atom. The molecule has 1 unspecified atom stereocenters. The van der Waals surface area contributed by atoms with Crippen LogP contribution in [0.25, 0.3) is 0 Å². The van der Waals surface area contributed by atoms with Gasteiger partial charge in [0.2, 0.25) is 11.8 Å². The first-order valence-corrected chi connectivity index (χ1v) is 6.08. The number of nitrogens with one attached hydrogen (secondary N) is 1. The van der Waals surface area contributed by atoms with E-state index in [0.29, 0.717) is 32.2 Å². The largest absolute Gasteiger partial charge is 0.377 e. The van der Waals surface area contributed by atoms with E-state index in [-0.39, 0.29) is 12.5 Å². The van der Waals surface area contributed by atoms with Crippen molar-refractivity contribution in [2.45, 2.75) is 31.3 Å². The molecule has 17 heavy (non-hydrogen) atoms. The highest BCUT2D eigenvalue weighted by atomic mass is 16.5. The molecule has 3 N–H and O–H groups in total. The van der Waals surface area contributed by atoms with Gasteiger partial charge in [-0.05, 0) is 12.8 Å². The lowest BCUT2D eigenvalue weighted by molar-refractivity contribution is -0.147. The molecule has 2 aliphatic rings. The van der Waals surface area contributed by atoms with E-state index in [0.717, 1.165) is 0 Å². The van der Waals surface area contributed by atoms with Crippen LogP contribution >= 0.6 is 0 Å². The van der Waals surface area contributed by atoms with E-state index >= 15 is 0 Å². The van der Waals surface area contributed by atoms with Gasteiger partial charge >= 0.3 is 0 Å². The van der Waals surface area contributed by atoms with Gasteiger partial charge < -0.3 is 20.7 Å². The monoisotopic (exact) mass is 241 g/mol. The maximum Gasteiger partial charge on any atom is 0.242 e. The van der Waals surface area contributed by atoms with Crippen LogP contribution in [0.3, 0.4) is 0 Å². The lowest BCUT2D eigenvalue weighted by Crippen LogP contribution is -2.55. The summed E-state index contributed by atoms with van der Waals surface area (Å²) >= 11 is 0. The summed E-state index contributed by atoms with van der Waals surface area (Å²) in [4.78, 5) is 24.7. The molecule has 2 rings (SSSR count). The Labute approximate surface area is 100 Å². The van der Waals surface area contributed by atoms with E-state index in [1.807, 2.05) is 0 Å². The Kier molecular flexibility index (Phi) is 3.96. The summed E-state index contributed by atoms with van der Waals surface area (Å²) in [6.45, 7) is 1.82. The highest BCUT2D eigenvalue weighted by Crippen LogP contribution is 2.18. The van der Waals surface area contributed by atoms with Crippen molar-refractivity contribution in [3.8, 4) is 0 Å². The highest BCUT2D eigenvalue weighted by molar-refractivity contribution is 5.87. The Balaban J connectivity index is 1.79. The maximum atomic E-state index is 11.9. The first-order valence-electron chi connectivity index (χ1n) is 6.08. The Bertz CT molecular complexity index is 304. The smallest absolute Gasteiger partial charge is 0.242 e. The number of nitrogens with zero attached hydrogens (tertiary/aromatic N) is 1. The minimum atomic E-state index is -0.600. The van der Waals surface area contributed by atoms with Crippen molar-refractivity contribution in [3.63, 3.8) is 0 Å². The summed E-state index contributed by atoms with van der Waals surface area (Å²) in [5.41, 5.74) is 5.25. The number of hydrogen-bond donors (Lipinski definition) is 2. The topological polar surface area (TPSA) is 84.7 Å². The van der Waals surface area contributed by atoms with Gasteiger partial charge in [-0.2, -0.15) is 0 Å². The van der Waals surface area contributed by atoms with Crippen molar-refractivity contribution < 1.29 is 14.3 Å². The van der Waals surface area contributed by atoms with Crippen LogP contribution < -0.4 is 11.1 Å². The number of hydrogen-bond acceptors (Lipinski definition) is 4. The second kappa shape index (κ2) is 5.46. The molecule has 0 spiro atoms. The molecule has 1 heterocycles. The number of carbonyl (C=O) groups is 2. The quantitative estimate of drug-likeness (QED) is 0.636. The molecule has 1 aliphatic carbocycles. The van der Waals surface area contributed by atoms with Gasteiger partial charge in [0, 0.05) is 25.6 Å². The lowest BCUT2D eigenvalue weighted by atomic mass is 10.2. The maximum absolute atomic E-state index is 11.9. The van der Waals surface area contributed by atoms with E-state index in [1.54, 1.807) is 4.90 Å². The first-order chi connectivity index (χ1) is 8.18. The van der Waals surface area contributed by atoms with Crippen LogP contribution in [-0.4, -0.2) is 55.1 Å². The van der Waals surface area contributed by atoms with Gasteiger partial charge in [-0.1, -0.05) is 0 Å². The van der Waals surface area contributed by atoms with Crippen LogP contribution in [0.4, 0.5) is 0 Å². The van der Waals surface area contributed by atoms with Crippen LogP contribution in [0.15, 0.2) is 0 Å². The summed E-state index contributed by atoms with van der Waals surface area (Å²) in [6, 6.07) is -0.00315. The SMILES string of the molecule is NC(=O)C1COCCN1C(=O)CCNC1CC1. The fourth-order valence-corrected chi connectivity index (χ4v) is 1.95. The molecule has 96 valence electrons. The van der Waals surface area contributed by atoms with E-state index in [1.165, 1.54) is 12.8 Å². The van der Waals surface area contributed by atoms with Crippen LogP contribution in [0, 0.1) is 0 Å². The fraction of sp³-hybridized carbons (Fsp3) is 0.818. The Morgan fingerprint density at radius 2 is 2.18 bits per heavy atom. The average Bonchev–Trinajstić information content (AvgIpc) is 3.13. The third-order valence-electron chi connectivity index (χ3n) is 3.13. The van der Waals surface area contributed by atoms with E-state index in [2.05, 4.69) is 5.32 Å². The third kappa shape index (κ3) is 3.41. The minimum absolute atomic E-state index is 0.0229. The van der Waals surface area contributed by atoms with Gasteiger partial charge in [-0.3, -0.25) is 9.59 Å². The van der Waals surface area contributed by atoms with Gasteiger partial charge in [-0.25, -0.2) is 0 Å². The highest BCUT2D eigenvalue weighted by Gasteiger charge is 2.31. The molecule has 0 bridgehead atoms. The van der Waals surface area contributed by atoms with Crippen molar-refractivity contribution in [1.29, 1.82) is 0 Å². The molecule has 0 aromatic heterocycles. The molecule has 0 aromatic carbocycles. The molecular weight excluding hydrogens is 222 g/mol. The number of primary amides is 1. The first kappa shape index (κ1) is 12.3. The molecule has 2 fully saturated rings. The third-order valence-corrected chi connectivity index (χ3v) is 3.13. The minimum Gasteiger partial charge on any atom is -0.377 e. The Hall–Kier alpha value is -1.14. The van der Waals surface area contributed by atoms with Gasteiger partial charge in [0.25, 0.3) is 0 Å².